The second-order valence-corrected chi connectivity index (χ2v) is 7.92. The SMILES string of the molecule is CCCNC(=O)C(CC)N(Cc1ccc(F)cc1)C(=O)COc1ccc(Br)c(C)c1. The molecule has 2 aromatic carbocycles. The fourth-order valence-corrected chi connectivity index (χ4v) is 3.25. The third kappa shape index (κ3) is 6.83. The Morgan fingerprint density at radius 1 is 1.17 bits per heavy atom. The molecule has 0 aliphatic carbocycles. The summed E-state index contributed by atoms with van der Waals surface area (Å²) >= 11 is 3.44. The van der Waals surface area contributed by atoms with Crippen LogP contribution in [0.2, 0.25) is 0 Å². The van der Waals surface area contributed by atoms with Gasteiger partial charge in [0, 0.05) is 17.6 Å². The van der Waals surface area contributed by atoms with Crippen molar-refractivity contribution >= 4 is 27.7 Å². The lowest BCUT2D eigenvalue weighted by Gasteiger charge is -2.30. The minimum Gasteiger partial charge on any atom is -0.484 e. The highest BCUT2D eigenvalue weighted by Gasteiger charge is 2.28. The highest BCUT2D eigenvalue weighted by Crippen LogP contribution is 2.22. The molecule has 30 heavy (non-hydrogen) atoms. The second-order valence-electron chi connectivity index (χ2n) is 7.06. The van der Waals surface area contributed by atoms with E-state index in [1.165, 1.54) is 17.0 Å². The smallest absolute Gasteiger partial charge is 0.261 e. The molecule has 0 heterocycles. The third-order valence-corrected chi connectivity index (χ3v) is 5.58. The summed E-state index contributed by atoms with van der Waals surface area (Å²) in [4.78, 5) is 27.2. The predicted molar refractivity (Wildman–Crippen MR) is 119 cm³/mol. The molecule has 0 aliphatic rings. The van der Waals surface area contributed by atoms with Crippen LogP contribution in [0, 0.1) is 12.7 Å². The first-order chi connectivity index (χ1) is 14.3. The molecule has 7 heteroatoms. The van der Waals surface area contributed by atoms with E-state index in [9.17, 15) is 14.0 Å². The van der Waals surface area contributed by atoms with Crippen LogP contribution in [0.25, 0.3) is 0 Å². The molecule has 0 spiro atoms. The van der Waals surface area contributed by atoms with E-state index in [4.69, 9.17) is 4.74 Å². The maximum absolute atomic E-state index is 13.3. The highest BCUT2D eigenvalue weighted by molar-refractivity contribution is 9.10. The Hall–Kier alpha value is -2.41. The van der Waals surface area contributed by atoms with Crippen LogP contribution in [0.4, 0.5) is 4.39 Å². The normalized spacial score (nSPS) is 11.6. The quantitative estimate of drug-likeness (QED) is 0.542. The van der Waals surface area contributed by atoms with Crippen LogP contribution >= 0.6 is 15.9 Å². The number of rotatable bonds is 10. The van der Waals surface area contributed by atoms with Crippen molar-refractivity contribution in [3.05, 3.63) is 63.9 Å². The van der Waals surface area contributed by atoms with Crippen molar-refractivity contribution in [2.24, 2.45) is 0 Å². The number of nitrogens with zero attached hydrogens (tertiary/aromatic N) is 1. The molecule has 1 unspecified atom stereocenters. The summed E-state index contributed by atoms with van der Waals surface area (Å²) in [6, 6.07) is 10.8. The number of ether oxygens (including phenoxy) is 1. The van der Waals surface area contributed by atoms with Crippen molar-refractivity contribution < 1.29 is 18.7 Å². The number of amides is 2. The van der Waals surface area contributed by atoms with Gasteiger partial charge in [0.05, 0.1) is 0 Å². The molecule has 1 atom stereocenters. The van der Waals surface area contributed by atoms with Crippen molar-refractivity contribution in [3.63, 3.8) is 0 Å². The van der Waals surface area contributed by atoms with E-state index in [0.29, 0.717) is 18.7 Å². The summed E-state index contributed by atoms with van der Waals surface area (Å²) in [6.45, 7) is 6.31. The van der Waals surface area contributed by atoms with Gasteiger partial charge in [-0.2, -0.15) is 0 Å². The molecule has 0 bridgehead atoms. The summed E-state index contributed by atoms with van der Waals surface area (Å²) in [6.07, 6.45) is 1.26. The topological polar surface area (TPSA) is 58.6 Å². The van der Waals surface area contributed by atoms with Gasteiger partial charge in [-0.1, -0.05) is 41.9 Å². The Morgan fingerprint density at radius 2 is 1.87 bits per heavy atom. The van der Waals surface area contributed by atoms with E-state index in [1.54, 1.807) is 18.2 Å². The van der Waals surface area contributed by atoms with E-state index < -0.39 is 6.04 Å². The van der Waals surface area contributed by atoms with Crippen LogP contribution in [0.5, 0.6) is 5.75 Å². The Kier molecular flexibility index (Phi) is 9.30. The molecular formula is C23H28BrFN2O3. The molecule has 162 valence electrons. The Bertz CT molecular complexity index is 858. The Balaban J connectivity index is 2.18. The molecule has 0 radical (unpaired) electrons. The van der Waals surface area contributed by atoms with Crippen molar-refractivity contribution in [2.45, 2.75) is 46.2 Å². The summed E-state index contributed by atoms with van der Waals surface area (Å²) in [7, 11) is 0. The van der Waals surface area contributed by atoms with Crippen LogP contribution in [0.15, 0.2) is 46.9 Å². The number of nitrogens with one attached hydrogen (secondary N) is 1. The van der Waals surface area contributed by atoms with Crippen LogP contribution in [-0.4, -0.2) is 35.9 Å². The average molecular weight is 479 g/mol. The Morgan fingerprint density at radius 3 is 2.47 bits per heavy atom. The molecule has 2 rings (SSSR count). The Labute approximate surface area is 185 Å². The van der Waals surface area contributed by atoms with Crippen LogP contribution in [0.3, 0.4) is 0 Å². The van der Waals surface area contributed by atoms with Gasteiger partial charge in [0.1, 0.15) is 17.6 Å². The zero-order valence-electron chi connectivity index (χ0n) is 17.6. The zero-order chi connectivity index (χ0) is 22.1. The van der Waals surface area contributed by atoms with Crippen molar-refractivity contribution in [1.29, 1.82) is 0 Å². The predicted octanol–water partition coefficient (Wildman–Crippen LogP) is 4.61. The number of hydrogen-bond acceptors (Lipinski definition) is 3. The molecule has 2 amide bonds. The molecule has 5 nitrogen and oxygen atoms in total. The van der Waals surface area contributed by atoms with Gasteiger partial charge in [0.2, 0.25) is 5.91 Å². The van der Waals surface area contributed by atoms with Gasteiger partial charge in [-0.15, -0.1) is 0 Å². The van der Waals surface area contributed by atoms with Crippen molar-refractivity contribution in [3.8, 4) is 5.75 Å². The molecule has 2 aromatic rings. The third-order valence-electron chi connectivity index (χ3n) is 4.69. The molecule has 0 aromatic heterocycles. The molecule has 0 aliphatic heterocycles. The second kappa shape index (κ2) is 11.7. The fraction of sp³-hybridized carbons (Fsp3) is 0.391. The van der Waals surface area contributed by atoms with E-state index in [-0.39, 0.29) is 30.8 Å². The maximum Gasteiger partial charge on any atom is 0.261 e. The van der Waals surface area contributed by atoms with Crippen molar-refractivity contribution in [2.75, 3.05) is 13.2 Å². The lowest BCUT2D eigenvalue weighted by molar-refractivity contribution is -0.143. The van der Waals surface area contributed by atoms with Crippen LogP contribution in [-0.2, 0) is 16.1 Å². The number of hydrogen-bond donors (Lipinski definition) is 1. The first-order valence-corrected chi connectivity index (χ1v) is 10.9. The molecule has 0 saturated carbocycles. The molecule has 0 saturated heterocycles. The van der Waals surface area contributed by atoms with Gasteiger partial charge in [-0.3, -0.25) is 9.59 Å². The lowest BCUT2D eigenvalue weighted by Crippen LogP contribution is -2.50. The monoisotopic (exact) mass is 478 g/mol. The standard InChI is InChI=1S/C23H28BrFN2O3/c1-4-12-26-23(29)21(5-2)27(14-17-6-8-18(25)9-7-17)22(28)15-30-19-10-11-20(24)16(3)13-19/h6-11,13,21H,4-5,12,14-15H2,1-3H3,(H,26,29). The number of carbonyl (C=O) groups excluding carboxylic acids is 2. The van der Waals surface area contributed by atoms with Gasteiger partial charge in [-0.05, 0) is 61.2 Å². The summed E-state index contributed by atoms with van der Waals surface area (Å²) in [5, 5.41) is 2.86. The zero-order valence-corrected chi connectivity index (χ0v) is 19.2. The molecule has 1 N–H and O–H groups in total. The van der Waals surface area contributed by atoms with Crippen LogP contribution in [0.1, 0.15) is 37.8 Å². The number of aryl methyl sites for hydroxylation is 1. The average Bonchev–Trinajstić information content (AvgIpc) is 2.74. The van der Waals surface area contributed by atoms with Gasteiger partial charge in [0.15, 0.2) is 6.61 Å². The van der Waals surface area contributed by atoms with E-state index in [0.717, 1.165) is 22.0 Å². The first-order valence-electron chi connectivity index (χ1n) is 10.1. The summed E-state index contributed by atoms with van der Waals surface area (Å²) < 4.78 is 19.9. The van der Waals surface area contributed by atoms with Crippen molar-refractivity contribution in [1.82, 2.24) is 10.2 Å². The number of carbonyl (C=O) groups is 2. The molecule has 0 fully saturated rings. The van der Waals surface area contributed by atoms with Gasteiger partial charge in [0.25, 0.3) is 5.91 Å². The minimum atomic E-state index is -0.635. The van der Waals surface area contributed by atoms with E-state index in [1.807, 2.05) is 32.9 Å². The van der Waals surface area contributed by atoms with Gasteiger partial charge >= 0.3 is 0 Å². The van der Waals surface area contributed by atoms with Gasteiger partial charge in [-0.25, -0.2) is 4.39 Å². The summed E-state index contributed by atoms with van der Waals surface area (Å²) in [5.41, 5.74) is 1.74. The minimum absolute atomic E-state index is 0.194. The maximum atomic E-state index is 13.3. The van der Waals surface area contributed by atoms with E-state index >= 15 is 0 Å². The first kappa shape index (κ1) is 23.9. The highest BCUT2D eigenvalue weighted by atomic mass is 79.9. The van der Waals surface area contributed by atoms with Gasteiger partial charge < -0.3 is 15.0 Å². The van der Waals surface area contributed by atoms with E-state index in [2.05, 4.69) is 21.2 Å². The summed E-state index contributed by atoms with van der Waals surface area (Å²) in [5.74, 6) is -0.278. The fourth-order valence-electron chi connectivity index (χ4n) is 3.01. The van der Waals surface area contributed by atoms with Crippen LogP contribution < -0.4 is 10.1 Å². The number of halogens is 2. The number of benzene rings is 2. The lowest BCUT2D eigenvalue weighted by atomic mass is 10.1. The largest absolute Gasteiger partial charge is 0.484 e. The molecular weight excluding hydrogens is 451 g/mol.